The molecule has 0 spiro atoms. The molecular formula is C18H20O7. The lowest BCUT2D eigenvalue weighted by atomic mass is 9.74. The Labute approximate surface area is 144 Å². The monoisotopic (exact) mass is 348 g/mol. The number of aliphatic hydroxyl groups excluding tert-OH is 1. The Morgan fingerprint density at radius 2 is 2.08 bits per heavy atom. The van der Waals surface area contributed by atoms with Gasteiger partial charge in [-0.05, 0) is 25.0 Å². The van der Waals surface area contributed by atoms with Crippen LogP contribution in [0.4, 0.5) is 0 Å². The number of phenols is 1. The van der Waals surface area contributed by atoms with Crippen molar-refractivity contribution >= 4 is 11.9 Å². The quantitative estimate of drug-likeness (QED) is 0.712. The van der Waals surface area contributed by atoms with Crippen LogP contribution in [0.1, 0.15) is 30.1 Å². The van der Waals surface area contributed by atoms with E-state index in [-0.39, 0.29) is 29.4 Å². The van der Waals surface area contributed by atoms with Gasteiger partial charge in [0, 0.05) is 17.3 Å². The molecule has 0 amide bonds. The van der Waals surface area contributed by atoms with Crippen molar-refractivity contribution in [2.75, 3.05) is 6.61 Å². The number of para-hydroxylation sites is 1. The summed E-state index contributed by atoms with van der Waals surface area (Å²) in [4.78, 5) is 23.6. The fourth-order valence-electron chi connectivity index (χ4n) is 3.86. The van der Waals surface area contributed by atoms with Gasteiger partial charge in [-0.1, -0.05) is 19.1 Å². The van der Waals surface area contributed by atoms with E-state index in [1.165, 1.54) is 12.1 Å². The summed E-state index contributed by atoms with van der Waals surface area (Å²) in [5.41, 5.74) is -0.433. The second kappa shape index (κ2) is 6.40. The van der Waals surface area contributed by atoms with E-state index in [2.05, 4.69) is 0 Å². The van der Waals surface area contributed by atoms with Crippen molar-refractivity contribution in [1.82, 2.24) is 0 Å². The summed E-state index contributed by atoms with van der Waals surface area (Å²) >= 11 is 0. The van der Waals surface area contributed by atoms with Gasteiger partial charge in [0.1, 0.15) is 11.3 Å². The van der Waals surface area contributed by atoms with E-state index in [0.29, 0.717) is 12.8 Å². The molecule has 1 saturated carbocycles. The van der Waals surface area contributed by atoms with Gasteiger partial charge < -0.3 is 24.8 Å². The van der Waals surface area contributed by atoms with Gasteiger partial charge in [0.15, 0.2) is 0 Å². The SMILES string of the molecule is CC1(COC(=O)c2ccccc2O)CCC2C(C(=O)O)=COC(O)C21. The largest absolute Gasteiger partial charge is 0.507 e. The molecule has 7 heteroatoms. The lowest BCUT2D eigenvalue weighted by molar-refractivity contribution is -0.154. The Hall–Kier alpha value is -2.54. The van der Waals surface area contributed by atoms with Crippen LogP contribution >= 0.6 is 0 Å². The zero-order valence-corrected chi connectivity index (χ0v) is 13.7. The number of fused-ring (bicyclic) bond motifs is 1. The summed E-state index contributed by atoms with van der Waals surface area (Å²) in [5, 5.41) is 29.2. The molecule has 25 heavy (non-hydrogen) atoms. The third kappa shape index (κ3) is 3.07. The fraction of sp³-hybridized carbons (Fsp3) is 0.444. The minimum Gasteiger partial charge on any atom is -0.507 e. The standard InChI is InChI=1S/C18H20O7/c1-18(9-25-16(22)11-4-2-3-5-13(11)19)7-6-10-12(15(20)21)8-24-17(23)14(10)18/h2-5,8,10,14,17,19,23H,6-7,9H2,1H3,(H,20,21). The number of hydrogen-bond donors (Lipinski definition) is 3. The van der Waals surface area contributed by atoms with E-state index < -0.39 is 29.6 Å². The Balaban J connectivity index is 1.75. The van der Waals surface area contributed by atoms with Crippen molar-refractivity contribution < 1.29 is 34.4 Å². The van der Waals surface area contributed by atoms with E-state index in [0.717, 1.165) is 6.26 Å². The average Bonchev–Trinajstić information content (AvgIpc) is 2.92. The number of hydrogen-bond acceptors (Lipinski definition) is 6. The van der Waals surface area contributed by atoms with E-state index in [1.807, 2.05) is 6.92 Å². The van der Waals surface area contributed by atoms with Gasteiger partial charge in [0.25, 0.3) is 0 Å². The predicted octanol–water partition coefficient (Wildman–Crippen LogP) is 1.90. The van der Waals surface area contributed by atoms with Gasteiger partial charge in [-0.15, -0.1) is 0 Å². The highest BCUT2D eigenvalue weighted by Crippen LogP contribution is 2.53. The Kier molecular flexibility index (Phi) is 4.43. The van der Waals surface area contributed by atoms with Crippen LogP contribution in [0, 0.1) is 17.3 Å². The average molecular weight is 348 g/mol. The van der Waals surface area contributed by atoms with Gasteiger partial charge in [0.2, 0.25) is 6.29 Å². The molecule has 1 fully saturated rings. The smallest absolute Gasteiger partial charge is 0.341 e. The molecule has 4 unspecified atom stereocenters. The van der Waals surface area contributed by atoms with Crippen LogP contribution in [-0.4, -0.2) is 40.2 Å². The normalized spacial score (nSPS) is 30.8. The second-order valence-electron chi connectivity index (χ2n) is 6.82. The number of aliphatic hydroxyl groups is 1. The molecule has 3 rings (SSSR count). The summed E-state index contributed by atoms with van der Waals surface area (Å²) in [6.45, 7) is 1.84. The van der Waals surface area contributed by atoms with Gasteiger partial charge >= 0.3 is 11.9 Å². The molecule has 1 aromatic carbocycles. The van der Waals surface area contributed by atoms with Crippen LogP contribution in [0.15, 0.2) is 36.1 Å². The molecule has 1 aromatic rings. The van der Waals surface area contributed by atoms with Gasteiger partial charge in [-0.2, -0.15) is 0 Å². The maximum absolute atomic E-state index is 12.2. The molecule has 0 saturated heterocycles. The number of benzene rings is 1. The van der Waals surface area contributed by atoms with Crippen LogP contribution in [0.3, 0.4) is 0 Å². The van der Waals surface area contributed by atoms with Crippen molar-refractivity contribution in [3.8, 4) is 5.75 Å². The zero-order chi connectivity index (χ0) is 18.2. The number of aliphatic carboxylic acids is 1. The molecule has 0 bridgehead atoms. The van der Waals surface area contributed by atoms with E-state index in [1.54, 1.807) is 12.1 Å². The second-order valence-corrected chi connectivity index (χ2v) is 6.82. The lowest BCUT2D eigenvalue weighted by Gasteiger charge is -2.38. The van der Waals surface area contributed by atoms with Crippen molar-refractivity contribution in [2.45, 2.75) is 26.1 Å². The predicted molar refractivity (Wildman–Crippen MR) is 85.5 cm³/mol. The maximum atomic E-state index is 12.2. The van der Waals surface area contributed by atoms with E-state index >= 15 is 0 Å². The van der Waals surface area contributed by atoms with Crippen LogP contribution < -0.4 is 0 Å². The first-order chi connectivity index (χ1) is 11.8. The number of carbonyl (C=O) groups is 2. The lowest BCUT2D eigenvalue weighted by Crippen LogP contribution is -2.43. The number of esters is 1. The van der Waals surface area contributed by atoms with Crippen LogP contribution in [0.5, 0.6) is 5.75 Å². The number of rotatable bonds is 4. The van der Waals surface area contributed by atoms with Gasteiger partial charge in [-0.3, -0.25) is 0 Å². The molecule has 134 valence electrons. The first-order valence-corrected chi connectivity index (χ1v) is 8.05. The van der Waals surface area contributed by atoms with Gasteiger partial charge in [-0.25, -0.2) is 9.59 Å². The summed E-state index contributed by atoms with van der Waals surface area (Å²) in [6, 6.07) is 6.07. The number of carbonyl (C=O) groups excluding carboxylic acids is 1. The third-order valence-corrected chi connectivity index (χ3v) is 5.21. The topological polar surface area (TPSA) is 113 Å². The highest BCUT2D eigenvalue weighted by molar-refractivity contribution is 5.92. The molecule has 4 atom stereocenters. The molecule has 1 aliphatic heterocycles. The molecule has 3 N–H and O–H groups in total. The summed E-state index contributed by atoms with van der Waals surface area (Å²) in [7, 11) is 0. The van der Waals surface area contributed by atoms with E-state index in [4.69, 9.17) is 9.47 Å². The van der Waals surface area contributed by atoms with Crippen molar-refractivity contribution in [2.24, 2.45) is 17.3 Å². The summed E-state index contributed by atoms with van der Waals surface area (Å²) < 4.78 is 10.5. The van der Waals surface area contributed by atoms with Crippen molar-refractivity contribution in [1.29, 1.82) is 0 Å². The highest BCUT2D eigenvalue weighted by Gasteiger charge is 2.54. The third-order valence-electron chi connectivity index (χ3n) is 5.21. The molecule has 2 aliphatic rings. The number of aromatic hydroxyl groups is 1. The summed E-state index contributed by atoms with van der Waals surface area (Å²) in [6.07, 6.45) is 1.10. The highest BCUT2D eigenvalue weighted by atomic mass is 16.6. The van der Waals surface area contributed by atoms with Crippen LogP contribution in [0.25, 0.3) is 0 Å². The molecule has 1 heterocycles. The number of carboxylic acid groups (broad SMARTS) is 1. The molecule has 1 aliphatic carbocycles. The van der Waals surface area contributed by atoms with Crippen molar-refractivity contribution in [3.63, 3.8) is 0 Å². The zero-order valence-electron chi connectivity index (χ0n) is 13.7. The minimum absolute atomic E-state index is 0.00530. The molecule has 7 nitrogen and oxygen atoms in total. The van der Waals surface area contributed by atoms with Crippen molar-refractivity contribution in [3.05, 3.63) is 41.7 Å². The Bertz CT molecular complexity index is 726. The minimum atomic E-state index is -1.15. The summed E-state index contributed by atoms with van der Waals surface area (Å²) in [5.74, 6) is -2.74. The first kappa shape index (κ1) is 17.3. The number of phenolic OH excluding ortho intramolecular Hbond substituents is 1. The number of ether oxygens (including phenoxy) is 2. The Morgan fingerprint density at radius 3 is 2.76 bits per heavy atom. The molecule has 0 aromatic heterocycles. The molecule has 0 radical (unpaired) electrons. The first-order valence-electron chi connectivity index (χ1n) is 8.05. The molecular weight excluding hydrogens is 328 g/mol. The van der Waals surface area contributed by atoms with Crippen LogP contribution in [-0.2, 0) is 14.3 Å². The van der Waals surface area contributed by atoms with Gasteiger partial charge in [0.05, 0.1) is 18.4 Å². The number of carboxylic acids is 1. The fourth-order valence-corrected chi connectivity index (χ4v) is 3.86. The Morgan fingerprint density at radius 1 is 1.36 bits per heavy atom. The maximum Gasteiger partial charge on any atom is 0.341 e. The van der Waals surface area contributed by atoms with Crippen LogP contribution in [0.2, 0.25) is 0 Å². The van der Waals surface area contributed by atoms with E-state index in [9.17, 15) is 24.9 Å².